The molecule has 0 fully saturated rings. The van der Waals surface area contributed by atoms with Crippen LogP contribution in [-0.2, 0) is 4.57 Å². The van der Waals surface area contributed by atoms with E-state index in [1.807, 2.05) is 0 Å². The second-order valence-electron chi connectivity index (χ2n) is 0.513. The van der Waals surface area contributed by atoms with Gasteiger partial charge in [0.1, 0.15) is 0 Å². The molecule has 0 atom stereocenters. The SMILES string of the molecule is O=P(O)(O)O.[BaH2].[CaH2].[MgH2].[SrH2]. The van der Waals surface area contributed by atoms with E-state index in [4.69, 9.17) is 19.2 Å². The van der Waals surface area contributed by atoms with Crippen LogP contribution in [0.2, 0.25) is 0 Å². The Kier molecular flexibility index (Phi) is 50.8. The fourth-order valence-corrected chi connectivity index (χ4v) is 0. The molecule has 9 heavy (non-hydrogen) atoms. The van der Waals surface area contributed by atoms with E-state index in [1.54, 1.807) is 0 Å². The predicted molar refractivity (Wildman–Crippen MR) is 48.4 cm³/mol. The minimum atomic E-state index is -4.64. The van der Waals surface area contributed by atoms with Gasteiger partial charge in [0, 0.05) is 0 Å². The van der Waals surface area contributed by atoms with Gasteiger partial charge < -0.3 is 14.7 Å². The molecule has 0 rings (SSSR count). The van der Waals surface area contributed by atoms with Crippen molar-refractivity contribution in [2.24, 2.45) is 0 Å². The Balaban J connectivity index is -0.0000000133. The Morgan fingerprint density at radius 2 is 1.11 bits per heavy atom. The summed E-state index contributed by atoms with van der Waals surface area (Å²) in [6, 6.07) is 0. The van der Waals surface area contributed by atoms with Gasteiger partial charge in [-0.15, -0.1) is 0 Å². The van der Waals surface area contributed by atoms with E-state index >= 15 is 0 Å². The van der Waals surface area contributed by atoms with E-state index in [1.165, 1.54) is 0 Å². The topological polar surface area (TPSA) is 77.8 Å². The van der Waals surface area contributed by atoms with Crippen molar-refractivity contribution in [2.45, 2.75) is 0 Å². The Bertz CT molecular complexity index is 66.7. The molecule has 0 bridgehead atoms. The van der Waals surface area contributed by atoms with Crippen LogP contribution >= 0.6 is 7.82 Å². The van der Waals surface area contributed by atoms with E-state index in [9.17, 15) is 0 Å². The minimum absolute atomic E-state index is 0. The summed E-state index contributed by atoms with van der Waals surface area (Å²) in [5.41, 5.74) is 0. The molecule has 3 N–H and O–H groups in total. The summed E-state index contributed by atoms with van der Waals surface area (Å²) in [6.07, 6.45) is 0. The molecule has 0 aliphatic heterocycles. The molecule has 0 saturated carbocycles. The van der Waals surface area contributed by atoms with E-state index < -0.39 is 7.82 Å². The molecule has 0 aromatic carbocycles. The van der Waals surface area contributed by atoms with Gasteiger partial charge in [-0.05, 0) is 0 Å². The van der Waals surface area contributed by atoms with Crippen LogP contribution in [0.3, 0.4) is 0 Å². The summed E-state index contributed by atoms with van der Waals surface area (Å²) in [5.74, 6) is 0. The average molecular weight is 395 g/mol. The van der Waals surface area contributed by atoms with E-state index in [0.29, 0.717) is 0 Å². The van der Waals surface area contributed by atoms with Crippen molar-refractivity contribution >= 4 is 163 Å². The van der Waals surface area contributed by atoms with Crippen LogP contribution in [0.1, 0.15) is 0 Å². The maximum absolute atomic E-state index is 8.88. The molecule has 0 unspecified atom stereocenters. The molecule has 0 heterocycles. The molecule has 0 aliphatic carbocycles. The molecule has 48 valence electrons. The van der Waals surface area contributed by atoms with Crippen molar-refractivity contribution in [2.75, 3.05) is 0 Å². The first-order chi connectivity index (χ1) is 2.00. The molecule has 0 saturated heterocycles. The zero-order chi connectivity index (χ0) is 4.50. The Morgan fingerprint density at radius 1 is 1.11 bits per heavy atom. The standard InChI is InChI=1S/Ba.Ca.Mg.H3O4P.Sr.8H/c;;;1-5(2,3)4;;;;;;;;;/h;;;(H3,1,2,3,4);;;;;;;;;. The molecule has 0 amide bonds. The third-order valence-electron chi connectivity index (χ3n) is 0. The van der Waals surface area contributed by atoms with Crippen LogP contribution in [0.4, 0.5) is 0 Å². The van der Waals surface area contributed by atoms with Gasteiger partial charge in [-0.3, -0.25) is 0 Å². The molecular weight excluding hydrogens is 384 g/mol. The van der Waals surface area contributed by atoms with Crippen molar-refractivity contribution < 1.29 is 19.2 Å². The second kappa shape index (κ2) is 15.7. The first-order valence-corrected chi connectivity index (χ1v) is 2.35. The Morgan fingerprint density at radius 3 is 1.11 bits per heavy atom. The van der Waals surface area contributed by atoms with Gasteiger partial charge in [0.2, 0.25) is 0 Å². The fraction of sp³-hybridized carbons (Fsp3) is 0. The Labute approximate surface area is 177 Å². The Hall–Kier alpha value is 5.19. The first kappa shape index (κ1) is 29.2. The summed E-state index contributed by atoms with van der Waals surface area (Å²) in [6.45, 7) is 0. The third-order valence-corrected chi connectivity index (χ3v) is 0. The summed E-state index contributed by atoms with van der Waals surface area (Å²) >= 11 is 0. The van der Waals surface area contributed by atoms with Crippen molar-refractivity contribution in [3.8, 4) is 0 Å². The summed E-state index contributed by atoms with van der Waals surface area (Å²) < 4.78 is 8.88. The zero-order valence-corrected chi connectivity index (χ0v) is 3.09. The molecule has 0 radical (unpaired) electrons. The van der Waals surface area contributed by atoms with Crippen molar-refractivity contribution in [1.29, 1.82) is 0 Å². The quantitative estimate of drug-likeness (QED) is 0.285. The van der Waals surface area contributed by atoms with Crippen LogP contribution in [0.5, 0.6) is 0 Å². The second-order valence-corrected chi connectivity index (χ2v) is 1.54. The van der Waals surface area contributed by atoms with Crippen molar-refractivity contribution in [3.05, 3.63) is 0 Å². The van der Waals surface area contributed by atoms with Gasteiger partial charge in [0.25, 0.3) is 0 Å². The van der Waals surface area contributed by atoms with Gasteiger partial charge in [-0.25, -0.2) is 4.57 Å². The summed E-state index contributed by atoms with van der Waals surface area (Å²) in [5, 5.41) is 0. The number of hydrogen-bond donors (Lipinski definition) is 3. The van der Waals surface area contributed by atoms with Crippen LogP contribution in [0.15, 0.2) is 0 Å². The fourth-order valence-electron chi connectivity index (χ4n) is 0. The van der Waals surface area contributed by atoms with Crippen molar-refractivity contribution in [1.82, 2.24) is 0 Å². The summed E-state index contributed by atoms with van der Waals surface area (Å²) in [7, 11) is -4.64. The van der Waals surface area contributed by atoms with Crippen molar-refractivity contribution in [3.63, 3.8) is 0 Å². The molecular formula is H11BaCaMgO4PSr. The normalized spacial score (nSPS) is 6.56. The number of hydrogen-bond acceptors (Lipinski definition) is 1. The average Bonchev–Trinajstić information content (AvgIpc) is 0.722. The molecule has 4 nitrogen and oxygen atoms in total. The van der Waals surface area contributed by atoms with Crippen LogP contribution in [-0.4, -0.2) is 170 Å². The van der Waals surface area contributed by atoms with Gasteiger partial charge in [-0.2, -0.15) is 0 Å². The molecule has 0 spiro atoms. The first-order valence-electron chi connectivity index (χ1n) is 0.783. The number of rotatable bonds is 0. The van der Waals surface area contributed by atoms with Gasteiger partial charge in [0.15, 0.2) is 0 Å². The summed E-state index contributed by atoms with van der Waals surface area (Å²) in [4.78, 5) is 21.6. The molecule has 9 heteroatoms. The zero-order valence-electron chi connectivity index (χ0n) is 2.20. The molecule has 0 aliphatic rings. The molecule has 0 aromatic heterocycles. The van der Waals surface area contributed by atoms with Gasteiger partial charge >= 0.3 is 163 Å². The maximum atomic E-state index is 8.88. The van der Waals surface area contributed by atoms with Crippen LogP contribution in [0.25, 0.3) is 0 Å². The van der Waals surface area contributed by atoms with Crippen LogP contribution < -0.4 is 0 Å². The van der Waals surface area contributed by atoms with Gasteiger partial charge in [-0.1, -0.05) is 0 Å². The van der Waals surface area contributed by atoms with Crippen LogP contribution in [0, 0.1) is 0 Å². The van der Waals surface area contributed by atoms with E-state index in [2.05, 4.69) is 0 Å². The predicted octanol–water partition coefficient (Wildman–Crippen LogP) is -4.59. The number of phosphoric acid groups is 1. The van der Waals surface area contributed by atoms with Gasteiger partial charge in [0.05, 0.1) is 0 Å². The monoisotopic (exact) mass is 396 g/mol. The molecule has 0 aromatic rings. The van der Waals surface area contributed by atoms with E-state index in [-0.39, 0.29) is 155 Å². The third kappa shape index (κ3) is 61.3. The van der Waals surface area contributed by atoms with E-state index in [0.717, 1.165) is 0 Å².